The molecule has 0 saturated carbocycles. The number of nitrogens with zero attached hydrogens (tertiary/aromatic N) is 2. The number of hydrogen-bond acceptors (Lipinski definition) is 3. The summed E-state index contributed by atoms with van der Waals surface area (Å²) >= 11 is 6.36. The molecule has 0 bridgehead atoms. The molecule has 19 heavy (non-hydrogen) atoms. The second kappa shape index (κ2) is 4.17. The lowest BCUT2D eigenvalue weighted by Gasteiger charge is -2.07. The van der Waals surface area contributed by atoms with E-state index in [-0.39, 0.29) is 5.69 Å². The quantitative estimate of drug-likeness (QED) is 0.378. The molecular formula is C14H9ClN2O2. The molecule has 0 amide bonds. The normalized spacial score (nSPS) is 11.1. The number of aromatic nitrogens is 1. The van der Waals surface area contributed by atoms with Crippen LogP contribution in [0, 0.1) is 17.0 Å². The summed E-state index contributed by atoms with van der Waals surface area (Å²) in [5.74, 6) is 0. The van der Waals surface area contributed by atoms with Gasteiger partial charge in [-0.05, 0) is 12.5 Å². The van der Waals surface area contributed by atoms with Gasteiger partial charge in [0, 0.05) is 16.8 Å². The number of nitro benzene ring substituents is 1. The predicted octanol–water partition coefficient (Wildman–Crippen LogP) is 4.26. The first kappa shape index (κ1) is 11.9. The maximum Gasteiger partial charge on any atom is 0.295 e. The third-order valence-corrected chi connectivity index (χ3v) is 3.55. The first-order chi connectivity index (χ1) is 9.09. The van der Waals surface area contributed by atoms with Gasteiger partial charge in [-0.1, -0.05) is 41.9 Å². The van der Waals surface area contributed by atoms with Crippen molar-refractivity contribution in [1.29, 1.82) is 0 Å². The van der Waals surface area contributed by atoms with Crippen molar-refractivity contribution in [2.45, 2.75) is 6.92 Å². The summed E-state index contributed by atoms with van der Waals surface area (Å²) in [6, 6.07) is 10.5. The van der Waals surface area contributed by atoms with Gasteiger partial charge in [0.1, 0.15) is 5.52 Å². The molecule has 1 aromatic heterocycles. The average Bonchev–Trinajstić information content (AvgIpc) is 2.39. The molecule has 3 rings (SSSR count). The van der Waals surface area contributed by atoms with Gasteiger partial charge in [0.2, 0.25) is 0 Å². The number of halogens is 1. The van der Waals surface area contributed by atoms with Crippen LogP contribution >= 0.6 is 11.6 Å². The Balaban J connectivity index is 2.58. The number of benzene rings is 2. The summed E-state index contributed by atoms with van der Waals surface area (Å²) in [6.45, 7) is 1.91. The van der Waals surface area contributed by atoms with Crippen LogP contribution in [-0.4, -0.2) is 9.91 Å². The summed E-state index contributed by atoms with van der Waals surface area (Å²) < 4.78 is 0. The monoisotopic (exact) mass is 272 g/mol. The van der Waals surface area contributed by atoms with Gasteiger partial charge in [0.05, 0.1) is 15.5 Å². The van der Waals surface area contributed by atoms with Crippen LogP contribution in [0.15, 0.2) is 36.4 Å². The zero-order chi connectivity index (χ0) is 13.6. The average molecular weight is 273 g/mol. The lowest BCUT2D eigenvalue weighted by atomic mass is 10.1. The number of non-ortho nitro benzene ring substituents is 1. The number of fused-ring (bicyclic) bond motifs is 2. The number of nitro groups is 1. The van der Waals surface area contributed by atoms with Gasteiger partial charge in [-0.15, -0.1) is 0 Å². The van der Waals surface area contributed by atoms with E-state index >= 15 is 0 Å². The van der Waals surface area contributed by atoms with E-state index in [1.54, 1.807) is 12.1 Å². The van der Waals surface area contributed by atoms with E-state index in [9.17, 15) is 10.1 Å². The lowest BCUT2D eigenvalue weighted by molar-refractivity contribution is -0.383. The molecule has 0 saturated heterocycles. The number of hydrogen-bond donors (Lipinski definition) is 0. The fourth-order valence-corrected chi connectivity index (χ4v) is 2.52. The second-order valence-electron chi connectivity index (χ2n) is 4.33. The van der Waals surface area contributed by atoms with Crippen molar-refractivity contribution in [3.63, 3.8) is 0 Å². The smallest absolute Gasteiger partial charge is 0.258 e. The van der Waals surface area contributed by atoms with E-state index in [4.69, 9.17) is 11.6 Å². The highest BCUT2D eigenvalue weighted by Gasteiger charge is 2.17. The Morgan fingerprint density at radius 2 is 1.74 bits per heavy atom. The summed E-state index contributed by atoms with van der Waals surface area (Å²) in [4.78, 5) is 15.1. The van der Waals surface area contributed by atoms with E-state index in [1.165, 1.54) is 6.07 Å². The standard InChI is InChI=1S/C14H9ClN2O2/c1-8-4-2-5-9-12(15)10-6-3-7-11(17(18)19)14(10)16-13(8)9/h2-7H,1H3. The largest absolute Gasteiger partial charge is 0.295 e. The molecule has 94 valence electrons. The highest BCUT2D eigenvalue weighted by atomic mass is 35.5. The van der Waals surface area contributed by atoms with E-state index in [2.05, 4.69) is 4.98 Å². The van der Waals surface area contributed by atoms with Crippen LogP contribution in [0.5, 0.6) is 0 Å². The Hall–Kier alpha value is -2.20. The molecule has 0 N–H and O–H groups in total. The topological polar surface area (TPSA) is 56.0 Å². The van der Waals surface area contributed by atoms with Gasteiger partial charge < -0.3 is 0 Å². The van der Waals surface area contributed by atoms with Crippen molar-refractivity contribution < 1.29 is 4.92 Å². The molecule has 0 spiro atoms. The van der Waals surface area contributed by atoms with Gasteiger partial charge >= 0.3 is 0 Å². The molecule has 0 radical (unpaired) electrons. The number of para-hydroxylation sites is 2. The Bertz CT molecular complexity index is 830. The zero-order valence-electron chi connectivity index (χ0n) is 10.1. The van der Waals surface area contributed by atoms with Crippen LogP contribution in [-0.2, 0) is 0 Å². The highest BCUT2D eigenvalue weighted by Crippen LogP contribution is 2.35. The Morgan fingerprint density at radius 3 is 2.42 bits per heavy atom. The first-order valence-corrected chi connectivity index (χ1v) is 6.09. The molecular weight excluding hydrogens is 264 g/mol. The molecule has 2 aromatic carbocycles. The Morgan fingerprint density at radius 1 is 1.11 bits per heavy atom. The molecule has 0 atom stereocenters. The van der Waals surface area contributed by atoms with E-state index in [1.807, 2.05) is 25.1 Å². The SMILES string of the molecule is Cc1cccc2c(Cl)c3cccc([N+](=O)[O-])c3nc12. The summed E-state index contributed by atoms with van der Waals surface area (Å²) in [7, 11) is 0. The van der Waals surface area contributed by atoms with Crippen LogP contribution in [0.3, 0.4) is 0 Å². The minimum atomic E-state index is -0.435. The minimum absolute atomic E-state index is 0.0236. The van der Waals surface area contributed by atoms with Crippen molar-refractivity contribution >= 4 is 39.1 Å². The number of rotatable bonds is 1. The second-order valence-corrected chi connectivity index (χ2v) is 4.71. The maximum absolute atomic E-state index is 11.1. The van der Waals surface area contributed by atoms with Crippen LogP contribution < -0.4 is 0 Å². The van der Waals surface area contributed by atoms with Gasteiger partial charge in [-0.25, -0.2) is 4.98 Å². The van der Waals surface area contributed by atoms with E-state index in [0.29, 0.717) is 21.4 Å². The van der Waals surface area contributed by atoms with Crippen molar-refractivity contribution in [2.75, 3.05) is 0 Å². The molecule has 0 aliphatic heterocycles. The van der Waals surface area contributed by atoms with Crippen molar-refractivity contribution in [3.05, 3.63) is 57.1 Å². The highest BCUT2D eigenvalue weighted by molar-refractivity contribution is 6.40. The third kappa shape index (κ3) is 1.72. The molecule has 3 aromatic rings. The summed E-state index contributed by atoms with van der Waals surface area (Å²) in [6.07, 6.45) is 0. The van der Waals surface area contributed by atoms with Gasteiger partial charge in [-0.3, -0.25) is 10.1 Å². The van der Waals surface area contributed by atoms with Gasteiger partial charge in [-0.2, -0.15) is 0 Å². The third-order valence-electron chi connectivity index (χ3n) is 3.15. The molecule has 0 aliphatic carbocycles. The van der Waals surface area contributed by atoms with Gasteiger partial charge in [0.25, 0.3) is 5.69 Å². The van der Waals surface area contributed by atoms with Crippen molar-refractivity contribution in [2.24, 2.45) is 0 Å². The number of pyridine rings is 1. The van der Waals surface area contributed by atoms with Crippen LogP contribution in [0.1, 0.15) is 5.56 Å². The predicted molar refractivity (Wildman–Crippen MR) is 75.7 cm³/mol. The minimum Gasteiger partial charge on any atom is -0.258 e. The Kier molecular flexibility index (Phi) is 2.61. The van der Waals surface area contributed by atoms with Crippen LogP contribution in [0.25, 0.3) is 21.8 Å². The maximum atomic E-state index is 11.1. The fraction of sp³-hybridized carbons (Fsp3) is 0.0714. The van der Waals surface area contributed by atoms with Crippen LogP contribution in [0.2, 0.25) is 5.02 Å². The van der Waals surface area contributed by atoms with Gasteiger partial charge in [0.15, 0.2) is 0 Å². The first-order valence-electron chi connectivity index (χ1n) is 5.71. The summed E-state index contributed by atoms with van der Waals surface area (Å²) in [5, 5.41) is 13.0. The van der Waals surface area contributed by atoms with Crippen LogP contribution in [0.4, 0.5) is 5.69 Å². The van der Waals surface area contributed by atoms with Crippen molar-refractivity contribution in [3.8, 4) is 0 Å². The van der Waals surface area contributed by atoms with E-state index < -0.39 is 4.92 Å². The zero-order valence-corrected chi connectivity index (χ0v) is 10.8. The molecule has 5 heteroatoms. The molecule has 1 heterocycles. The van der Waals surface area contributed by atoms with E-state index in [0.717, 1.165) is 10.9 Å². The Labute approximate surface area is 113 Å². The fourth-order valence-electron chi connectivity index (χ4n) is 2.21. The van der Waals surface area contributed by atoms with Crippen molar-refractivity contribution in [1.82, 2.24) is 4.98 Å². The number of aryl methyl sites for hydroxylation is 1. The lowest BCUT2D eigenvalue weighted by Crippen LogP contribution is -1.94. The molecule has 0 unspecified atom stereocenters. The molecule has 0 fully saturated rings. The molecule has 0 aliphatic rings. The molecule has 4 nitrogen and oxygen atoms in total. The summed E-state index contributed by atoms with van der Waals surface area (Å²) in [5.41, 5.74) is 1.96.